The highest BCUT2D eigenvalue weighted by molar-refractivity contribution is 5.94. The van der Waals surface area contributed by atoms with Crippen molar-refractivity contribution in [1.29, 1.82) is 0 Å². The van der Waals surface area contributed by atoms with Crippen LogP contribution in [0.1, 0.15) is 22.7 Å². The number of carbonyl (C=O) groups excluding carboxylic acids is 1. The second-order valence-corrected chi connectivity index (χ2v) is 4.79. The third-order valence-corrected chi connectivity index (χ3v) is 3.19. The molecule has 0 saturated heterocycles. The van der Waals surface area contributed by atoms with Gasteiger partial charge in [0.05, 0.1) is 24.3 Å². The minimum absolute atomic E-state index is 0.0159. The Morgan fingerprint density at radius 2 is 1.83 bits per heavy atom. The van der Waals surface area contributed by atoms with Gasteiger partial charge in [-0.15, -0.1) is 0 Å². The van der Waals surface area contributed by atoms with Gasteiger partial charge in [-0.3, -0.25) is 5.32 Å². The molecule has 132 valence electrons. The molecule has 0 fully saturated rings. The summed E-state index contributed by atoms with van der Waals surface area (Å²) in [5.41, 5.74) is -3.61. The van der Waals surface area contributed by atoms with E-state index in [-0.39, 0.29) is 18.1 Å². The molecule has 0 aromatic heterocycles. The molecule has 1 amide bonds. The van der Waals surface area contributed by atoms with E-state index in [2.05, 4.69) is 20.4 Å². The maximum atomic E-state index is 12.9. The molecule has 24 heavy (non-hydrogen) atoms. The number of rotatable bonds is 1. The molecule has 1 aliphatic heterocycles. The molecule has 2 rings (SSSR count). The summed E-state index contributed by atoms with van der Waals surface area (Å²) in [7, 11) is 1.10. The molecule has 0 bridgehead atoms. The number of alkyl halides is 6. The summed E-state index contributed by atoms with van der Waals surface area (Å²) in [5, 5.41) is 4.79. The zero-order valence-electron chi connectivity index (χ0n) is 12.0. The monoisotopic (exact) mass is 355 g/mol. The van der Waals surface area contributed by atoms with Crippen LogP contribution in [0.15, 0.2) is 23.2 Å². The fraction of sp³-hybridized carbons (Fsp3) is 0.385. The lowest BCUT2D eigenvalue weighted by Gasteiger charge is -2.17. The van der Waals surface area contributed by atoms with Crippen LogP contribution in [0.5, 0.6) is 0 Å². The Labute approximate surface area is 131 Å². The zero-order valence-corrected chi connectivity index (χ0v) is 12.0. The Kier molecular flexibility index (Phi) is 4.63. The van der Waals surface area contributed by atoms with Crippen molar-refractivity contribution in [3.8, 4) is 0 Å². The van der Waals surface area contributed by atoms with Crippen LogP contribution in [0.4, 0.5) is 31.1 Å². The van der Waals surface area contributed by atoms with Gasteiger partial charge in [-0.1, -0.05) is 6.07 Å². The zero-order chi connectivity index (χ0) is 18.1. The van der Waals surface area contributed by atoms with Gasteiger partial charge < -0.3 is 10.1 Å². The molecule has 0 saturated carbocycles. The summed E-state index contributed by atoms with van der Waals surface area (Å²) in [6.45, 7) is 0.0159. The minimum Gasteiger partial charge on any atom is -0.453 e. The van der Waals surface area contributed by atoms with Gasteiger partial charge in [0, 0.05) is 6.54 Å². The highest BCUT2D eigenvalue weighted by Gasteiger charge is 2.43. The predicted octanol–water partition coefficient (Wildman–Crippen LogP) is 3.08. The third kappa shape index (κ3) is 3.89. The molecule has 1 aromatic rings. The highest BCUT2D eigenvalue weighted by Crippen LogP contribution is 2.41. The van der Waals surface area contributed by atoms with Gasteiger partial charge in [0.25, 0.3) is 0 Å². The number of benzene rings is 1. The Hall–Kier alpha value is -2.46. The fourth-order valence-electron chi connectivity index (χ4n) is 2.11. The van der Waals surface area contributed by atoms with Crippen molar-refractivity contribution in [3.05, 3.63) is 34.9 Å². The second-order valence-electron chi connectivity index (χ2n) is 4.79. The van der Waals surface area contributed by atoms with Crippen molar-refractivity contribution in [2.24, 2.45) is 4.99 Å². The van der Waals surface area contributed by atoms with E-state index in [4.69, 9.17) is 0 Å². The number of ether oxygens (including phenoxy) is 1. The van der Waals surface area contributed by atoms with Crippen molar-refractivity contribution in [1.82, 2.24) is 10.6 Å². The van der Waals surface area contributed by atoms with E-state index in [0.717, 1.165) is 13.2 Å². The minimum atomic E-state index is -5.16. The van der Waals surface area contributed by atoms with Crippen molar-refractivity contribution < 1.29 is 35.9 Å². The maximum absolute atomic E-state index is 12.9. The van der Waals surface area contributed by atoms with Crippen LogP contribution in [-0.2, 0) is 17.1 Å². The Morgan fingerprint density at radius 1 is 1.21 bits per heavy atom. The van der Waals surface area contributed by atoms with E-state index in [1.807, 2.05) is 0 Å². The molecule has 1 unspecified atom stereocenters. The molecule has 0 aliphatic carbocycles. The van der Waals surface area contributed by atoms with E-state index in [1.54, 1.807) is 0 Å². The van der Waals surface area contributed by atoms with Gasteiger partial charge in [-0.05, 0) is 17.7 Å². The molecular formula is C13H11F6N3O2. The first-order chi connectivity index (χ1) is 11.0. The average Bonchev–Trinajstić information content (AvgIpc) is 2.93. The summed E-state index contributed by atoms with van der Waals surface area (Å²) in [5.74, 6) is -0.0414. The van der Waals surface area contributed by atoms with E-state index in [1.165, 1.54) is 0 Å². The van der Waals surface area contributed by atoms with Crippen LogP contribution in [0, 0.1) is 0 Å². The second kappa shape index (κ2) is 6.21. The third-order valence-electron chi connectivity index (χ3n) is 3.19. The molecule has 11 heteroatoms. The first kappa shape index (κ1) is 17.9. The Morgan fingerprint density at radius 3 is 2.38 bits per heavy atom. The Balaban J connectivity index is 2.35. The summed E-state index contributed by atoms with van der Waals surface area (Å²) < 4.78 is 81.3. The molecule has 1 aliphatic rings. The molecule has 0 radical (unpaired) electrons. The lowest BCUT2D eigenvalue weighted by molar-refractivity contribution is -0.162. The lowest BCUT2D eigenvalue weighted by atomic mass is 9.99. The number of nitrogens with zero attached hydrogens (tertiary/aromatic N) is 1. The number of hydrogen-bond acceptors (Lipinski definition) is 4. The number of amides is 1. The van der Waals surface area contributed by atoms with Crippen molar-refractivity contribution in [2.75, 3.05) is 13.7 Å². The molecule has 1 heterocycles. The summed E-state index contributed by atoms with van der Waals surface area (Å²) in [4.78, 5) is 14.9. The number of aliphatic imine (C=N–C) groups is 1. The summed E-state index contributed by atoms with van der Waals surface area (Å²) in [6.07, 6.45) is -11.1. The molecule has 1 aromatic carbocycles. The van der Waals surface area contributed by atoms with E-state index in [9.17, 15) is 31.1 Å². The number of halogens is 6. The predicted molar refractivity (Wildman–Crippen MR) is 70.2 cm³/mol. The molecule has 1 atom stereocenters. The van der Waals surface area contributed by atoms with E-state index < -0.39 is 35.6 Å². The maximum Gasteiger partial charge on any atom is 0.417 e. The summed E-state index contributed by atoms with van der Waals surface area (Å²) in [6, 6.07) is 0.842. The van der Waals surface area contributed by atoms with Crippen LogP contribution in [0.3, 0.4) is 0 Å². The first-order valence-corrected chi connectivity index (χ1v) is 6.47. The molecule has 0 spiro atoms. The average molecular weight is 355 g/mol. The number of guanidine groups is 1. The number of alkyl carbamates (subject to hydrolysis) is 1. The molecule has 2 N–H and O–H groups in total. The Bertz CT molecular complexity index is 669. The van der Waals surface area contributed by atoms with Crippen LogP contribution in [0.2, 0.25) is 0 Å². The van der Waals surface area contributed by atoms with Crippen LogP contribution >= 0.6 is 0 Å². The van der Waals surface area contributed by atoms with Gasteiger partial charge in [0.1, 0.15) is 0 Å². The smallest absolute Gasteiger partial charge is 0.417 e. The largest absolute Gasteiger partial charge is 0.453 e. The van der Waals surface area contributed by atoms with Crippen molar-refractivity contribution in [2.45, 2.75) is 18.4 Å². The van der Waals surface area contributed by atoms with Gasteiger partial charge in [-0.2, -0.15) is 26.3 Å². The van der Waals surface area contributed by atoms with Gasteiger partial charge >= 0.3 is 18.4 Å². The fourth-order valence-corrected chi connectivity index (χ4v) is 2.11. The normalized spacial score (nSPS) is 18.0. The van der Waals surface area contributed by atoms with Crippen LogP contribution in [0.25, 0.3) is 0 Å². The highest BCUT2D eigenvalue weighted by atomic mass is 19.4. The van der Waals surface area contributed by atoms with E-state index in [0.29, 0.717) is 12.1 Å². The number of methoxy groups -OCH3 is 1. The standard InChI is InChI=1S/C13H11F6N3O2/c1-24-11(23)22-10-20-5-9(21-10)6-2-3-7(12(14,15)16)8(4-6)13(17,18)19/h2-4,9H,5H2,1H3,(H2,20,21,22,23). The number of carbonyl (C=O) groups is 1. The van der Waals surface area contributed by atoms with Gasteiger partial charge in [0.2, 0.25) is 5.96 Å². The topological polar surface area (TPSA) is 62.7 Å². The number of hydrogen-bond donors (Lipinski definition) is 2. The van der Waals surface area contributed by atoms with Crippen molar-refractivity contribution in [3.63, 3.8) is 0 Å². The SMILES string of the molecule is COC(=O)NC1=NC(c2ccc(C(F)(F)F)c(C(F)(F)F)c2)CN1. The van der Waals surface area contributed by atoms with Gasteiger partial charge in [0.15, 0.2) is 0 Å². The number of nitrogens with one attached hydrogen (secondary N) is 2. The molecule has 5 nitrogen and oxygen atoms in total. The molecular weight excluding hydrogens is 344 g/mol. The van der Waals surface area contributed by atoms with E-state index >= 15 is 0 Å². The first-order valence-electron chi connectivity index (χ1n) is 6.47. The lowest BCUT2D eigenvalue weighted by Crippen LogP contribution is -2.37. The van der Waals surface area contributed by atoms with Gasteiger partial charge in [-0.25, -0.2) is 9.79 Å². The van der Waals surface area contributed by atoms with Crippen LogP contribution < -0.4 is 10.6 Å². The van der Waals surface area contributed by atoms with Crippen molar-refractivity contribution >= 4 is 12.1 Å². The van der Waals surface area contributed by atoms with Crippen LogP contribution in [-0.4, -0.2) is 25.7 Å². The summed E-state index contributed by atoms with van der Waals surface area (Å²) >= 11 is 0. The quantitative estimate of drug-likeness (QED) is 0.761.